The number of hydrazine groups is 1. The molecule has 4 aliphatic rings. The largest absolute Gasteiger partial charge is 0.444 e. The van der Waals surface area contributed by atoms with Crippen molar-refractivity contribution in [1.82, 2.24) is 10.9 Å². The number of ether oxygens (including phenoxy) is 1. The molecule has 5 heteroatoms. The number of nitrogens with one attached hydrogen (secondary N) is 2. The SMILES string of the molecule is O=C(NNC12CC3CC(CC(F)(C3)C1)C2)OCc1ccccc1. The highest BCUT2D eigenvalue weighted by atomic mass is 19.1. The Labute approximate surface area is 135 Å². The molecule has 23 heavy (non-hydrogen) atoms. The number of benzene rings is 1. The second kappa shape index (κ2) is 5.48. The van der Waals surface area contributed by atoms with Crippen molar-refractivity contribution >= 4 is 6.09 Å². The van der Waals surface area contributed by atoms with Crippen LogP contribution in [0.5, 0.6) is 0 Å². The molecule has 4 bridgehead atoms. The van der Waals surface area contributed by atoms with E-state index in [9.17, 15) is 9.18 Å². The maximum atomic E-state index is 14.8. The molecule has 0 spiro atoms. The third-order valence-electron chi connectivity index (χ3n) is 5.63. The summed E-state index contributed by atoms with van der Waals surface area (Å²) in [6, 6.07) is 9.56. The van der Waals surface area contributed by atoms with E-state index < -0.39 is 11.8 Å². The van der Waals surface area contributed by atoms with E-state index >= 15 is 0 Å². The lowest BCUT2D eigenvalue weighted by Crippen LogP contribution is -2.66. The van der Waals surface area contributed by atoms with Gasteiger partial charge in [0.25, 0.3) is 0 Å². The molecule has 124 valence electrons. The van der Waals surface area contributed by atoms with E-state index in [1.165, 1.54) is 0 Å². The number of hydrogen-bond donors (Lipinski definition) is 2. The van der Waals surface area contributed by atoms with Crippen LogP contribution in [-0.4, -0.2) is 17.3 Å². The third kappa shape index (κ3) is 3.07. The Balaban J connectivity index is 1.31. The fraction of sp³-hybridized carbons (Fsp3) is 0.611. The quantitative estimate of drug-likeness (QED) is 0.836. The van der Waals surface area contributed by atoms with Crippen molar-refractivity contribution in [3.05, 3.63) is 35.9 Å². The van der Waals surface area contributed by atoms with Crippen molar-refractivity contribution in [3.63, 3.8) is 0 Å². The molecule has 4 fully saturated rings. The lowest BCUT2D eigenvalue weighted by Gasteiger charge is -2.59. The maximum Gasteiger partial charge on any atom is 0.421 e. The predicted molar refractivity (Wildman–Crippen MR) is 84.2 cm³/mol. The van der Waals surface area contributed by atoms with Crippen LogP contribution in [0, 0.1) is 11.8 Å². The van der Waals surface area contributed by atoms with E-state index in [-0.39, 0.29) is 12.1 Å². The number of carbonyl (C=O) groups is 1. The van der Waals surface area contributed by atoms with Crippen molar-refractivity contribution < 1.29 is 13.9 Å². The minimum absolute atomic E-state index is 0.236. The summed E-state index contributed by atoms with van der Waals surface area (Å²) in [6.07, 6.45) is 4.45. The predicted octanol–water partition coefficient (Wildman–Crippen LogP) is 3.48. The summed E-state index contributed by atoms with van der Waals surface area (Å²) in [5.74, 6) is 0.909. The molecule has 1 aromatic carbocycles. The molecule has 0 aliphatic heterocycles. The molecule has 2 atom stereocenters. The average Bonchev–Trinajstić information content (AvgIpc) is 2.50. The van der Waals surface area contributed by atoms with Gasteiger partial charge in [-0.2, -0.15) is 0 Å². The highest BCUT2D eigenvalue weighted by Crippen LogP contribution is 2.58. The lowest BCUT2D eigenvalue weighted by atomic mass is 9.52. The van der Waals surface area contributed by atoms with Crippen molar-refractivity contribution in [2.24, 2.45) is 11.8 Å². The first kappa shape index (κ1) is 14.9. The zero-order chi connectivity index (χ0) is 15.9. The Morgan fingerprint density at radius 1 is 1.17 bits per heavy atom. The summed E-state index contributed by atoms with van der Waals surface area (Å²) in [5, 5.41) is 0. The monoisotopic (exact) mass is 318 g/mol. The minimum atomic E-state index is -1.04. The highest BCUT2D eigenvalue weighted by molar-refractivity contribution is 5.66. The van der Waals surface area contributed by atoms with Crippen molar-refractivity contribution in [2.45, 2.75) is 56.3 Å². The van der Waals surface area contributed by atoms with Gasteiger partial charge >= 0.3 is 6.09 Å². The van der Waals surface area contributed by atoms with Gasteiger partial charge in [0.2, 0.25) is 0 Å². The van der Waals surface area contributed by atoms with Gasteiger partial charge in [0, 0.05) is 12.0 Å². The van der Waals surface area contributed by atoms with Crippen molar-refractivity contribution in [2.75, 3.05) is 0 Å². The second-order valence-electron chi connectivity index (χ2n) is 7.70. The highest BCUT2D eigenvalue weighted by Gasteiger charge is 2.58. The van der Waals surface area contributed by atoms with Crippen LogP contribution in [0.3, 0.4) is 0 Å². The number of alkyl halides is 1. The summed E-state index contributed by atoms with van der Waals surface area (Å²) in [7, 11) is 0. The first-order valence-electron chi connectivity index (χ1n) is 8.47. The molecule has 5 rings (SSSR count). The van der Waals surface area contributed by atoms with Gasteiger partial charge in [-0.15, -0.1) is 0 Å². The average molecular weight is 318 g/mol. The van der Waals surface area contributed by atoms with Crippen LogP contribution < -0.4 is 10.9 Å². The molecule has 4 saturated carbocycles. The normalized spacial score (nSPS) is 37.6. The van der Waals surface area contributed by atoms with E-state index in [4.69, 9.17) is 4.74 Å². The van der Waals surface area contributed by atoms with Gasteiger partial charge in [-0.25, -0.2) is 14.6 Å². The number of halogens is 1. The molecule has 0 aromatic heterocycles. The Hall–Kier alpha value is -1.62. The van der Waals surface area contributed by atoms with Crippen molar-refractivity contribution in [3.8, 4) is 0 Å². The Kier molecular flexibility index (Phi) is 3.56. The number of hydrogen-bond acceptors (Lipinski definition) is 3. The number of rotatable bonds is 4. The Morgan fingerprint density at radius 3 is 2.52 bits per heavy atom. The summed E-state index contributed by atoms with van der Waals surface area (Å²) >= 11 is 0. The molecule has 4 nitrogen and oxygen atoms in total. The van der Waals surface area contributed by atoms with Crippen LogP contribution in [0.25, 0.3) is 0 Å². The summed E-state index contributed by atoms with van der Waals surface area (Å²) in [6.45, 7) is 0.236. The van der Waals surface area contributed by atoms with Crippen LogP contribution in [-0.2, 0) is 11.3 Å². The van der Waals surface area contributed by atoms with Gasteiger partial charge in [0.1, 0.15) is 12.3 Å². The summed E-state index contributed by atoms with van der Waals surface area (Å²) < 4.78 is 20.0. The molecule has 2 N–H and O–H groups in total. The smallest absolute Gasteiger partial charge is 0.421 e. The summed E-state index contributed by atoms with van der Waals surface area (Å²) in [4.78, 5) is 11.9. The molecule has 1 aromatic rings. The van der Waals surface area contributed by atoms with Gasteiger partial charge in [0.15, 0.2) is 0 Å². The standard InChI is InChI=1S/C18H23FN2O2/c19-17-7-14-6-15(8-17)10-18(9-14,12-17)21-20-16(22)23-11-13-4-2-1-3-5-13/h1-5,14-15,21H,6-12H2,(H,20,22). The molecule has 0 heterocycles. The van der Waals surface area contributed by atoms with Crippen LogP contribution in [0.2, 0.25) is 0 Å². The van der Waals surface area contributed by atoms with Gasteiger partial charge in [-0.3, -0.25) is 5.43 Å². The zero-order valence-electron chi connectivity index (χ0n) is 13.2. The molecule has 4 aliphatic carbocycles. The van der Waals surface area contributed by atoms with E-state index in [1.807, 2.05) is 30.3 Å². The fourth-order valence-corrected chi connectivity index (χ4v) is 5.24. The Morgan fingerprint density at radius 2 is 1.87 bits per heavy atom. The van der Waals surface area contributed by atoms with Gasteiger partial charge in [-0.05, 0) is 49.5 Å². The molecule has 1 amide bonds. The fourth-order valence-electron chi connectivity index (χ4n) is 5.24. The second-order valence-corrected chi connectivity index (χ2v) is 7.70. The topological polar surface area (TPSA) is 50.4 Å². The number of carbonyl (C=O) groups excluding carboxylic acids is 1. The summed E-state index contributed by atoms with van der Waals surface area (Å²) in [5.41, 5.74) is 5.40. The first-order chi connectivity index (χ1) is 11.0. The van der Waals surface area contributed by atoms with Crippen LogP contribution in [0.15, 0.2) is 30.3 Å². The first-order valence-corrected chi connectivity index (χ1v) is 8.47. The molecule has 0 saturated heterocycles. The molecule has 2 unspecified atom stereocenters. The van der Waals surface area contributed by atoms with Gasteiger partial charge in [-0.1, -0.05) is 30.3 Å². The Bertz CT molecular complexity index is 578. The van der Waals surface area contributed by atoms with Crippen LogP contribution in [0.4, 0.5) is 9.18 Å². The number of amides is 1. The molecular formula is C18H23FN2O2. The van der Waals surface area contributed by atoms with Gasteiger partial charge < -0.3 is 4.74 Å². The minimum Gasteiger partial charge on any atom is -0.444 e. The van der Waals surface area contributed by atoms with E-state index in [0.717, 1.165) is 24.8 Å². The van der Waals surface area contributed by atoms with Crippen molar-refractivity contribution in [1.29, 1.82) is 0 Å². The van der Waals surface area contributed by atoms with E-state index in [0.29, 0.717) is 31.1 Å². The molecular weight excluding hydrogens is 295 g/mol. The zero-order valence-corrected chi connectivity index (χ0v) is 13.2. The van der Waals surface area contributed by atoms with Crippen LogP contribution in [0.1, 0.15) is 44.1 Å². The van der Waals surface area contributed by atoms with Crippen LogP contribution >= 0.6 is 0 Å². The van der Waals surface area contributed by atoms with E-state index in [1.54, 1.807) is 0 Å². The van der Waals surface area contributed by atoms with E-state index in [2.05, 4.69) is 10.9 Å². The third-order valence-corrected chi connectivity index (χ3v) is 5.63. The molecule has 0 radical (unpaired) electrons. The van der Waals surface area contributed by atoms with Gasteiger partial charge in [0.05, 0.1) is 0 Å². The lowest BCUT2D eigenvalue weighted by molar-refractivity contribution is -0.101. The maximum absolute atomic E-state index is 14.8.